The number of aliphatic hydroxyl groups is 1. The summed E-state index contributed by atoms with van der Waals surface area (Å²) >= 11 is 1.60. The normalized spacial score (nSPS) is 22.0. The number of rotatable bonds is 10. The summed E-state index contributed by atoms with van der Waals surface area (Å²) < 4.78 is 28.9. The Morgan fingerprint density at radius 2 is 1.71 bits per heavy atom. The van der Waals surface area contributed by atoms with Gasteiger partial charge in [-0.15, -0.1) is 11.3 Å². The zero-order chi connectivity index (χ0) is 49.1. The highest BCUT2D eigenvalue weighted by atomic mass is 32.1. The van der Waals surface area contributed by atoms with E-state index >= 15 is 0 Å². The molecule has 4 aromatic heterocycles. The molecule has 3 N–H and O–H groups in total. The van der Waals surface area contributed by atoms with Crippen molar-refractivity contribution in [1.29, 1.82) is 0 Å². The highest BCUT2D eigenvalue weighted by Crippen LogP contribution is 2.41. The quantitative estimate of drug-likeness (QED) is 0.142. The maximum atomic E-state index is 14.0. The van der Waals surface area contributed by atoms with Gasteiger partial charge in [0, 0.05) is 104 Å². The Kier molecular flexibility index (Phi) is 10.9. The SMILES string of the molecule is [2H]C([2H])([2H])Oc1ncc(-c2ccnc(N3CCc4c(sc5c4CCCC5)C3=O)c2CO)cc1Nc1ccc(N2CCN(C3CCN(c4ccc5c(c4)CN(C4CCC(=O)NC4=O)C5=O)CC3)C[C@@H]2C)cn1. The van der Waals surface area contributed by atoms with Crippen molar-refractivity contribution < 1.29 is 33.1 Å². The van der Waals surface area contributed by atoms with Gasteiger partial charge in [-0.05, 0) is 123 Å². The Morgan fingerprint density at radius 1 is 0.853 bits per heavy atom. The molecule has 9 heterocycles. The first kappa shape index (κ1) is 40.6. The monoisotopic (exact) mass is 939 g/mol. The Labute approximate surface area is 403 Å². The number of piperidine rings is 2. The van der Waals surface area contributed by atoms with Crippen LogP contribution in [0.25, 0.3) is 11.1 Å². The predicted molar refractivity (Wildman–Crippen MR) is 260 cm³/mol. The number of hydrogen-bond acceptors (Lipinski definition) is 14. The van der Waals surface area contributed by atoms with E-state index in [1.807, 2.05) is 30.5 Å². The third-order valence-electron chi connectivity index (χ3n) is 14.9. The maximum Gasteiger partial charge on any atom is 0.269 e. The average molecular weight is 940 g/mol. The highest BCUT2D eigenvalue weighted by molar-refractivity contribution is 7.14. The van der Waals surface area contributed by atoms with Crippen LogP contribution in [-0.4, -0.2) is 118 Å². The highest BCUT2D eigenvalue weighted by Gasteiger charge is 2.40. The number of benzene rings is 1. The van der Waals surface area contributed by atoms with E-state index in [1.54, 1.807) is 39.5 Å². The van der Waals surface area contributed by atoms with Crippen LogP contribution >= 0.6 is 11.3 Å². The maximum absolute atomic E-state index is 14.0. The van der Waals surface area contributed by atoms with E-state index in [2.05, 4.69) is 48.3 Å². The minimum atomic E-state index is -2.78. The lowest BCUT2D eigenvalue weighted by molar-refractivity contribution is -0.136. The fourth-order valence-electron chi connectivity index (χ4n) is 11.3. The van der Waals surface area contributed by atoms with Crippen LogP contribution in [0.1, 0.15) is 96.7 Å². The fourth-order valence-corrected chi connectivity index (χ4v) is 12.7. The molecule has 1 aromatic carbocycles. The Bertz CT molecular complexity index is 2920. The van der Waals surface area contributed by atoms with Gasteiger partial charge in [0.15, 0.2) is 0 Å². The van der Waals surface area contributed by atoms with E-state index in [-0.39, 0.29) is 48.4 Å². The van der Waals surface area contributed by atoms with Crippen molar-refractivity contribution in [3.63, 3.8) is 0 Å². The molecular weight excluding hydrogens is 881 g/mol. The fraction of sp³-hybridized carbons (Fsp3) is 0.431. The molecule has 2 atom stereocenters. The van der Waals surface area contributed by atoms with E-state index in [1.165, 1.54) is 22.2 Å². The molecule has 0 radical (unpaired) electrons. The Balaban J connectivity index is 0.735. The minimum Gasteiger partial charge on any atom is -0.480 e. The molecule has 11 rings (SSSR count). The van der Waals surface area contributed by atoms with E-state index < -0.39 is 19.0 Å². The summed E-state index contributed by atoms with van der Waals surface area (Å²) in [6.45, 7) is 7.05. The number of fused-ring (bicyclic) bond motifs is 4. The molecule has 68 heavy (non-hydrogen) atoms. The second-order valence-corrected chi connectivity index (χ2v) is 19.9. The van der Waals surface area contributed by atoms with Gasteiger partial charge in [0.1, 0.15) is 23.4 Å². The number of anilines is 5. The second-order valence-electron chi connectivity index (χ2n) is 18.7. The number of carbonyl (C=O) groups excluding carboxylic acids is 4. The first-order valence-electron chi connectivity index (χ1n) is 25.3. The largest absolute Gasteiger partial charge is 0.480 e. The standard InChI is InChI=1S/C51H56N10O6S/c1-30-27-58(33-14-18-57(19-15-33)34-7-9-37-32(23-34)28-61(50(37)65)42-10-12-45(63)56-48(42)64)21-22-59(30)35-8-11-44(53-26-35)55-41-24-31(25-54-49(41)67-2)36-13-17-52-47(40(36)29-62)60-20-16-39-38-5-3-4-6-43(38)68-46(39)51(60)66/h7-9,11,13,17,23-26,30,33,42,62H,3-6,10,12,14-16,18-22,27-29H2,1-2H3,(H,53,55)(H,56,63,64)/t30-,42?/m0/s1/i2D3. The van der Waals surface area contributed by atoms with Gasteiger partial charge in [-0.2, -0.15) is 0 Å². The molecule has 4 amide bonds. The number of hydrogen-bond donors (Lipinski definition) is 3. The van der Waals surface area contributed by atoms with Crippen molar-refractivity contribution in [2.75, 3.05) is 66.3 Å². The molecule has 0 saturated carbocycles. The number of methoxy groups -OCH3 is 1. The number of thiophene rings is 1. The smallest absolute Gasteiger partial charge is 0.269 e. The molecule has 0 spiro atoms. The number of carbonyl (C=O) groups is 4. The average Bonchev–Trinajstić information content (AvgIpc) is 3.91. The first-order valence-corrected chi connectivity index (χ1v) is 24.6. The van der Waals surface area contributed by atoms with Crippen LogP contribution in [0.15, 0.2) is 61.1 Å². The van der Waals surface area contributed by atoms with Crippen LogP contribution in [0.5, 0.6) is 5.88 Å². The lowest BCUT2D eigenvalue weighted by Crippen LogP contribution is -2.57. The number of imide groups is 1. The van der Waals surface area contributed by atoms with Crippen molar-refractivity contribution >= 4 is 63.7 Å². The summed E-state index contributed by atoms with van der Waals surface area (Å²) in [5.41, 5.74) is 7.97. The summed E-state index contributed by atoms with van der Waals surface area (Å²) in [7, 11) is -2.78. The molecule has 17 heteroatoms. The second kappa shape index (κ2) is 18.2. The molecule has 352 valence electrons. The topological polar surface area (TPSA) is 177 Å². The van der Waals surface area contributed by atoms with E-state index in [9.17, 15) is 24.3 Å². The molecule has 1 aliphatic carbocycles. The summed E-state index contributed by atoms with van der Waals surface area (Å²) in [6.07, 6.45) is 12.5. The molecular formula is C51H56N10O6S. The van der Waals surface area contributed by atoms with Crippen LogP contribution in [-0.2, 0) is 42.0 Å². The lowest BCUT2D eigenvalue weighted by Gasteiger charge is -2.46. The number of aliphatic hydroxyl groups excluding tert-OH is 1. The zero-order valence-electron chi connectivity index (χ0n) is 41.0. The van der Waals surface area contributed by atoms with Gasteiger partial charge in [0.2, 0.25) is 17.7 Å². The molecule has 16 nitrogen and oxygen atoms in total. The Morgan fingerprint density at radius 3 is 2.50 bits per heavy atom. The van der Waals surface area contributed by atoms with Crippen molar-refractivity contribution in [1.82, 2.24) is 30.1 Å². The number of aromatic nitrogens is 3. The van der Waals surface area contributed by atoms with Gasteiger partial charge >= 0.3 is 0 Å². The van der Waals surface area contributed by atoms with Gasteiger partial charge in [0.05, 0.1) is 34.5 Å². The van der Waals surface area contributed by atoms with Crippen LogP contribution in [0, 0.1) is 0 Å². The van der Waals surface area contributed by atoms with Gasteiger partial charge in [0.25, 0.3) is 11.8 Å². The van der Waals surface area contributed by atoms with Crippen molar-refractivity contribution in [3.05, 3.63) is 98.6 Å². The first-order chi connectivity index (χ1) is 34.3. The van der Waals surface area contributed by atoms with Crippen LogP contribution < -0.4 is 30.1 Å². The van der Waals surface area contributed by atoms with E-state index in [0.717, 1.165) is 99.5 Å². The lowest BCUT2D eigenvalue weighted by atomic mass is 9.92. The van der Waals surface area contributed by atoms with Gasteiger partial charge in [-0.25, -0.2) is 15.0 Å². The molecule has 0 bridgehead atoms. The summed E-state index contributed by atoms with van der Waals surface area (Å²) in [5, 5.41) is 16.4. The number of ether oxygens (including phenoxy) is 1. The molecule has 6 aliphatic rings. The number of nitrogens with zero attached hydrogens (tertiary/aromatic N) is 8. The van der Waals surface area contributed by atoms with Crippen molar-refractivity contribution in [2.45, 2.75) is 96.0 Å². The van der Waals surface area contributed by atoms with Gasteiger partial charge in [-0.1, -0.05) is 0 Å². The van der Waals surface area contributed by atoms with Gasteiger partial charge in [-0.3, -0.25) is 34.3 Å². The Hall–Kier alpha value is -6.43. The van der Waals surface area contributed by atoms with Crippen LogP contribution in [0.3, 0.4) is 0 Å². The molecule has 5 aromatic rings. The van der Waals surface area contributed by atoms with Crippen LogP contribution in [0.2, 0.25) is 0 Å². The third kappa shape index (κ3) is 8.03. The van der Waals surface area contributed by atoms with E-state index in [4.69, 9.17) is 13.8 Å². The molecule has 1 unspecified atom stereocenters. The summed E-state index contributed by atoms with van der Waals surface area (Å²) in [6, 6.07) is 13.3. The van der Waals surface area contributed by atoms with Crippen molar-refractivity contribution in [2.24, 2.45) is 0 Å². The van der Waals surface area contributed by atoms with Gasteiger partial charge < -0.3 is 29.9 Å². The number of piperazine rings is 1. The number of pyridine rings is 3. The van der Waals surface area contributed by atoms with Crippen LogP contribution in [0.4, 0.5) is 28.7 Å². The summed E-state index contributed by atoms with van der Waals surface area (Å²) in [5.74, 6) is -0.267. The molecule has 3 saturated heterocycles. The number of amides is 4. The predicted octanol–water partition coefficient (Wildman–Crippen LogP) is 5.87. The zero-order valence-corrected chi connectivity index (χ0v) is 38.8. The number of aryl methyl sites for hydroxylation is 1. The molecule has 3 fully saturated rings. The van der Waals surface area contributed by atoms with Crippen molar-refractivity contribution in [3.8, 4) is 17.0 Å². The molecule has 5 aliphatic heterocycles. The summed E-state index contributed by atoms with van der Waals surface area (Å²) in [4.78, 5) is 78.0. The minimum absolute atomic E-state index is 0.104. The number of nitrogens with one attached hydrogen (secondary N) is 2. The third-order valence-corrected chi connectivity index (χ3v) is 16.2. The van der Waals surface area contributed by atoms with E-state index in [0.29, 0.717) is 59.4 Å².